The topological polar surface area (TPSA) is 111 Å². The lowest BCUT2D eigenvalue weighted by Gasteiger charge is -2.28. The Morgan fingerprint density at radius 1 is 0.544 bits per heavy atom. The third-order valence-corrected chi connectivity index (χ3v) is 10.8. The minimum atomic E-state index is -4.63. The Morgan fingerprint density at radius 2 is 0.947 bits per heavy atom. The SMILES string of the molecule is CCCCC/C=C\C/C=C\CCCCCCCCCCCC(=O)OC[C@H](COP(=O)([O-])OCC[N+](C)(C)C)OC(=O)CCCCCCC/C=C\CCCCCCC. The van der Waals surface area contributed by atoms with Crippen LogP contribution in [0.25, 0.3) is 0 Å². The zero-order chi connectivity index (χ0) is 42.1. The highest BCUT2D eigenvalue weighted by atomic mass is 31.2. The molecule has 57 heavy (non-hydrogen) atoms. The van der Waals surface area contributed by atoms with Crippen molar-refractivity contribution < 1.29 is 42.1 Å². The molecule has 0 aromatic heterocycles. The second-order valence-corrected chi connectivity index (χ2v) is 18.2. The molecule has 0 aliphatic rings. The van der Waals surface area contributed by atoms with E-state index in [1.165, 1.54) is 103 Å². The predicted octanol–water partition coefficient (Wildman–Crippen LogP) is 12.7. The molecule has 334 valence electrons. The minimum absolute atomic E-state index is 0.0330. The number of hydrogen-bond acceptors (Lipinski definition) is 8. The zero-order valence-electron chi connectivity index (χ0n) is 37.5. The first-order chi connectivity index (χ1) is 27.5. The predicted molar refractivity (Wildman–Crippen MR) is 236 cm³/mol. The third-order valence-electron chi connectivity index (χ3n) is 9.88. The molecule has 0 radical (unpaired) electrons. The summed E-state index contributed by atoms with van der Waals surface area (Å²) in [5.74, 6) is -0.846. The number of esters is 2. The van der Waals surface area contributed by atoms with Gasteiger partial charge in [0, 0.05) is 12.8 Å². The van der Waals surface area contributed by atoms with Crippen LogP contribution >= 0.6 is 7.82 Å². The molecule has 0 spiro atoms. The van der Waals surface area contributed by atoms with Gasteiger partial charge in [-0.1, -0.05) is 153 Å². The lowest BCUT2D eigenvalue weighted by Crippen LogP contribution is -2.37. The van der Waals surface area contributed by atoms with E-state index in [1.807, 2.05) is 21.1 Å². The normalized spacial score (nSPS) is 13.9. The second-order valence-electron chi connectivity index (χ2n) is 16.8. The van der Waals surface area contributed by atoms with Gasteiger partial charge in [0.15, 0.2) is 6.10 Å². The van der Waals surface area contributed by atoms with Gasteiger partial charge in [-0.15, -0.1) is 0 Å². The van der Waals surface area contributed by atoms with Crippen LogP contribution in [0.15, 0.2) is 36.5 Å². The van der Waals surface area contributed by atoms with Crippen molar-refractivity contribution in [3.8, 4) is 0 Å². The van der Waals surface area contributed by atoms with Crippen molar-refractivity contribution in [1.29, 1.82) is 0 Å². The number of allylic oxidation sites excluding steroid dienone is 6. The second kappa shape index (κ2) is 39.7. The number of likely N-dealkylation sites (N-methyl/N-ethyl adjacent to an activating group) is 1. The van der Waals surface area contributed by atoms with Crippen LogP contribution in [0.1, 0.15) is 200 Å². The van der Waals surface area contributed by atoms with Gasteiger partial charge in [-0.25, -0.2) is 0 Å². The highest BCUT2D eigenvalue weighted by Gasteiger charge is 2.21. The number of hydrogen-bond donors (Lipinski definition) is 0. The van der Waals surface area contributed by atoms with Crippen molar-refractivity contribution in [1.82, 2.24) is 0 Å². The summed E-state index contributed by atoms with van der Waals surface area (Å²) in [6.45, 7) is 4.19. The molecule has 9 nitrogen and oxygen atoms in total. The Bertz CT molecular complexity index is 1070. The number of carbonyl (C=O) groups excluding carboxylic acids is 2. The molecule has 0 saturated carbocycles. The van der Waals surface area contributed by atoms with Crippen molar-refractivity contribution in [3.05, 3.63) is 36.5 Å². The maximum absolute atomic E-state index is 12.7. The highest BCUT2D eigenvalue weighted by molar-refractivity contribution is 7.45. The Labute approximate surface area is 351 Å². The van der Waals surface area contributed by atoms with Gasteiger partial charge in [0.05, 0.1) is 27.7 Å². The summed E-state index contributed by atoms with van der Waals surface area (Å²) >= 11 is 0. The van der Waals surface area contributed by atoms with Crippen molar-refractivity contribution in [2.45, 2.75) is 206 Å². The smallest absolute Gasteiger partial charge is 0.306 e. The first kappa shape index (κ1) is 55.2. The van der Waals surface area contributed by atoms with E-state index >= 15 is 0 Å². The van der Waals surface area contributed by atoms with E-state index in [1.54, 1.807) is 0 Å². The number of carbonyl (C=O) groups is 2. The monoisotopic (exact) mass is 826 g/mol. The standard InChI is InChI=1S/C47H88NO8P/c1-6-8-10-12-14-16-18-20-22-23-24-25-26-28-29-31-33-35-37-39-46(49)53-43-45(44-55-57(51,52)54-42-41-48(3,4)5)56-47(50)40-38-36-34-32-30-27-21-19-17-15-13-11-9-7-2/h14,16,19-22,45H,6-13,15,17-18,23-44H2,1-5H3/b16-14-,21-19-,22-20-/t45-/m1/s1. The van der Waals surface area contributed by atoms with Gasteiger partial charge in [-0.2, -0.15) is 0 Å². The maximum Gasteiger partial charge on any atom is 0.306 e. The number of phosphoric acid groups is 1. The van der Waals surface area contributed by atoms with Crippen molar-refractivity contribution in [3.63, 3.8) is 0 Å². The minimum Gasteiger partial charge on any atom is -0.756 e. The summed E-state index contributed by atoms with van der Waals surface area (Å²) in [6.07, 6.45) is 44.5. The Morgan fingerprint density at radius 3 is 1.44 bits per heavy atom. The van der Waals surface area contributed by atoms with Crippen LogP contribution in [-0.2, 0) is 32.7 Å². The van der Waals surface area contributed by atoms with E-state index in [-0.39, 0.29) is 32.0 Å². The van der Waals surface area contributed by atoms with Crippen LogP contribution in [0.2, 0.25) is 0 Å². The molecule has 10 heteroatoms. The van der Waals surface area contributed by atoms with Crippen LogP contribution in [0.5, 0.6) is 0 Å². The summed E-state index contributed by atoms with van der Waals surface area (Å²) in [7, 11) is 1.16. The van der Waals surface area contributed by atoms with Crippen LogP contribution in [0.4, 0.5) is 0 Å². The molecule has 0 aliphatic heterocycles. The van der Waals surface area contributed by atoms with Crippen molar-refractivity contribution >= 4 is 19.8 Å². The first-order valence-corrected chi connectivity index (χ1v) is 24.7. The largest absolute Gasteiger partial charge is 0.756 e. The molecule has 2 atom stereocenters. The fraction of sp³-hybridized carbons (Fsp3) is 0.830. The molecule has 0 bridgehead atoms. The lowest BCUT2D eigenvalue weighted by atomic mass is 10.1. The Hall–Kier alpha value is -1.77. The molecular weight excluding hydrogens is 737 g/mol. The van der Waals surface area contributed by atoms with Gasteiger partial charge in [-0.3, -0.25) is 14.2 Å². The average Bonchev–Trinajstić information content (AvgIpc) is 3.16. The fourth-order valence-electron chi connectivity index (χ4n) is 6.21. The first-order valence-electron chi connectivity index (χ1n) is 23.2. The summed E-state index contributed by atoms with van der Waals surface area (Å²) in [5, 5.41) is 0. The summed E-state index contributed by atoms with van der Waals surface area (Å²) in [5.41, 5.74) is 0. The van der Waals surface area contributed by atoms with Crippen LogP contribution in [-0.4, -0.2) is 70.0 Å². The quantitative estimate of drug-likeness (QED) is 0.0197. The number of ether oxygens (including phenoxy) is 2. The summed E-state index contributed by atoms with van der Waals surface area (Å²) in [4.78, 5) is 37.6. The Balaban J connectivity index is 4.31. The van der Waals surface area contributed by atoms with Crippen LogP contribution in [0.3, 0.4) is 0 Å². The van der Waals surface area contributed by atoms with Gasteiger partial charge in [-0.05, 0) is 70.6 Å². The molecule has 0 aliphatic carbocycles. The molecule has 1 unspecified atom stereocenters. The van der Waals surface area contributed by atoms with Gasteiger partial charge in [0.1, 0.15) is 19.8 Å². The van der Waals surface area contributed by atoms with Gasteiger partial charge in [0.2, 0.25) is 0 Å². The van der Waals surface area contributed by atoms with Crippen LogP contribution in [0, 0.1) is 0 Å². The van der Waals surface area contributed by atoms with E-state index < -0.39 is 26.5 Å². The number of nitrogens with zero attached hydrogens (tertiary/aromatic N) is 1. The summed E-state index contributed by atoms with van der Waals surface area (Å²) in [6, 6.07) is 0. The van der Waals surface area contributed by atoms with E-state index in [4.69, 9.17) is 18.5 Å². The zero-order valence-corrected chi connectivity index (χ0v) is 38.4. The van der Waals surface area contributed by atoms with Gasteiger partial charge in [0.25, 0.3) is 7.82 Å². The highest BCUT2D eigenvalue weighted by Crippen LogP contribution is 2.38. The molecule has 0 heterocycles. The number of rotatable bonds is 42. The molecule has 0 amide bonds. The number of phosphoric ester groups is 1. The summed E-state index contributed by atoms with van der Waals surface area (Å²) < 4.78 is 33.9. The molecule has 0 N–H and O–H groups in total. The van der Waals surface area contributed by atoms with Crippen LogP contribution < -0.4 is 4.89 Å². The van der Waals surface area contributed by atoms with Crippen molar-refractivity contribution in [2.24, 2.45) is 0 Å². The number of quaternary nitrogens is 1. The maximum atomic E-state index is 12.7. The van der Waals surface area contributed by atoms with E-state index in [0.29, 0.717) is 17.4 Å². The molecule has 0 fully saturated rings. The molecular formula is C47H88NO8P. The van der Waals surface area contributed by atoms with E-state index in [9.17, 15) is 19.0 Å². The molecule has 0 aromatic rings. The number of unbranched alkanes of at least 4 members (excludes halogenated alkanes) is 22. The molecule has 0 rings (SSSR count). The molecule has 0 aromatic carbocycles. The van der Waals surface area contributed by atoms with Crippen molar-refractivity contribution in [2.75, 3.05) is 47.5 Å². The van der Waals surface area contributed by atoms with E-state index in [0.717, 1.165) is 64.2 Å². The van der Waals surface area contributed by atoms with E-state index in [2.05, 4.69) is 50.3 Å². The average molecular weight is 826 g/mol. The third kappa shape index (κ3) is 43.6. The Kier molecular flexibility index (Phi) is 38.4. The lowest BCUT2D eigenvalue weighted by molar-refractivity contribution is -0.870. The van der Waals surface area contributed by atoms with Gasteiger partial charge >= 0.3 is 11.9 Å². The fourth-order valence-corrected chi connectivity index (χ4v) is 6.94. The molecule has 0 saturated heterocycles. The van der Waals surface area contributed by atoms with Gasteiger partial charge < -0.3 is 27.9 Å².